The van der Waals surface area contributed by atoms with Crippen molar-refractivity contribution in [3.63, 3.8) is 0 Å². The molecule has 1 N–H and O–H groups in total. The maximum Gasteiger partial charge on any atom is 0.243 e. The third kappa shape index (κ3) is 5.31. The van der Waals surface area contributed by atoms with E-state index < -0.39 is 10.0 Å². The maximum absolute atomic E-state index is 12.8. The van der Waals surface area contributed by atoms with E-state index >= 15 is 0 Å². The molecule has 0 unspecified atom stereocenters. The van der Waals surface area contributed by atoms with Crippen LogP contribution in [-0.4, -0.2) is 25.7 Å². The van der Waals surface area contributed by atoms with E-state index in [-0.39, 0.29) is 23.8 Å². The van der Waals surface area contributed by atoms with Gasteiger partial charge < -0.3 is 5.32 Å². The second-order valence-corrected chi connectivity index (χ2v) is 8.97. The number of nitrogens with zero attached hydrogens (tertiary/aromatic N) is 1. The molecule has 1 amide bonds. The van der Waals surface area contributed by atoms with Crippen LogP contribution in [0.15, 0.2) is 83.8 Å². The highest BCUT2D eigenvalue weighted by Crippen LogP contribution is 2.19. The monoisotopic (exact) mass is 408 g/mol. The van der Waals surface area contributed by atoms with E-state index in [9.17, 15) is 13.2 Å². The fraction of sp³-hybridized carbons (Fsp3) is 0.174. The summed E-state index contributed by atoms with van der Waals surface area (Å²) in [5.74, 6) is -0.142. The van der Waals surface area contributed by atoms with Crippen LogP contribution in [0.5, 0.6) is 0 Å². The SMILES string of the molecule is Cc1ccccc1CC(=O)Nc1ccc(S(=O)(=O)N(C)Cc2ccccc2)cc1. The van der Waals surface area contributed by atoms with Crippen molar-refractivity contribution in [3.05, 3.63) is 95.6 Å². The van der Waals surface area contributed by atoms with Crippen molar-refractivity contribution in [2.75, 3.05) is 12.4 Å². The molecule has 0 aromatic heterocycles. The Morgan fingerprint density at radius 2 is 1.52 bits per heavy atom. The zero-order valence-corrected chi connectivity index (χ0v) is 17.3. The first kappa shape index (κ1) is 20.8. The van der Waals surface area contributed by atoms with Crippen LogP contribution in [0, 0.1) is 6.92 Å². The van der Waals surface area contributed by atoms with Crippen molar-refractivity contribution in [1.29, 1.82) is 0 Å². The van der Waals surface area contributed by atoms with Crippen LogP contribution in [0.4, 0.5) is 5.69 Å². The van der Waals surface area contributed by atoms with Gasteiger partial charge in [-0.15, -0.1) is 0 Å². The Bertz CT molecular complexity index is 1080. The molecule has 0 aliphatic rings. The summed E-state index contributed by atoms with van der Waals surface area (Å²) in [6.45, 7) is 2.26. The lowest BCUT2D eigenvalue weighted by atomic mass is 10.1. The molecule has 3 aromatic carbocycles. The van der Waals surface area contributed by atoms with Gasteiger partial charge in [-0.3, -0.25) is 4.79 Å². The molecule has 150 valence electrons. The van der Waals surface area contributed by atoms with Crippen LogP contribution in [-0.2, 0) is 27.8 Å². The lowest BCUT2D eigenvalue weighted by Gasteiger charge is -2.17. The van der Waals surface area contributed by atoms with Crippen molar-refractivity contribution in [2.24, 2.45) is 0 Å². The predicted octanol–water partition coefficient (Wildman–Crippen LogP) is 4.00. The van der Waals surface area contributed by atoms with E-state index in [1.54, 1.807) is 19.2 Å². The van der Waals surface area contributed by atoms with E-state index in [2.05, 4.69) is 5.32 Å². The van der Waals surface area contributed by atoms with Crippen molar-refractivity contribution in [1.82, 2.24) is 4.31 Å². The first-order valence-electron chi connectivity index (χ1n) is 9.31. The minimum atomic E-state index is -3.62. The number of hydrogen-bond acceptors (Lipinski definition) is 3. The lowest BCUT2D eigenvalue weighted by molar-refractivity contribution is -0.115. The first-order chi connectivity index (χ1) is 13.9. The van der Waals surface area contributed by atoms with Gasteiger partial charge in [0.1, 0.15) is 0 Å². The number of carbonyl (C=O) groups excluding carboxylic acids is 1. The average Bonchev–Trinajstić information content (AvgIpc) is 2.71. The summed E-state index contributed by atoms with van der Waals surface area (Å²) in [5, 5.41) is 2.82. The van der Waals surface area contributed by atoms with Gasteiger partial charge in [-0.1, -0.05) is 54.6 Å². The van der Waals surface area contributed by atoms with Crippen LogP contribution in [0.2, 0.25) is 0 Å². The van der Waals surface area contributed by atoms with Gasteiger partial charge in [0, 0.05) is 19.3 Å². The Hall–Kier alpha value is -2.96. The van der Waals surface area contributed by atoms with Crippen LogP contribution in [0.1, 0.15) is 16.7 Å². The van der Waals surface area contributed by atoms with Crippen LogP contribution in [0.3, 0.4) is 0 Å². The molecule has 5 nitrogen and oxygen atoms in total. The third-order valence-electron chi connectivity index (χ3n) is 4.71. The number of amides is 1. The molecule has 0 fully saturated rings. The number of rotatable bonds is 7. The third-order valence-corrected chi connectivity index (χ3v) is 6.52. The highest BCUT2D eigenvalue weighted by Gasteiger charge is 2.20. The molecule has 6 heteroatoms. The van der Waals surface area contributed by atoms with Crippen molar-refractivity contribution >= 4 is 21.6 Å². The molecule has 0 bridgehead atoms. The highest BCUT2D eigenvalue weighted by molar-refractivity contribution is 7.89. The van der Waals surface area contributed by atoms with E-state index in [1.165, 1.54) is 16.4 Å². The van der Waals surface area contributed by atoms with Crippen LogP contribution >= 0.6 is 0 Å². The number of nitrogens with one attached hydrogen (secondary N) is 1. The Morgan fingerprint density at radius 3 is 2.17 bits per heavy atom. The predicted molar refractivity (Wildman–Crippen MR) is 115 cm³/mol. The standard InChI is InChI=1S/C23H24N2O3S/c1-18-8-6-7-11-20(18)16-23(26)24-21-12-14-22(15-13-21)29(27,28)25(2)17-19-9-4-3-5-10-19/h3-15H,16-17H2,1-2H3,(H,24,26). The average molecular weight is 409 g/mol. The summed E-state index contributed by atoms with van der Waals surface area (Å²) in [4.78, 5) is 12.5. The Kier molecular flexibility index (Phi) is 6.46. The highest BCUT2D eigenvalue weighted by atomic mass is 32.2. The Balaban J connectivity index is 1.66. The smallest absolute Gasteiger partial charge is 0.243 e. The zero-order chi connectivity index (χ0) is 20.9. The van der Waals surface area contributed by atoms with Gasteiger partial charge in [0.25, 0.3) is 0 Å². The van der Waals surface area contributed by atoms with Gasteiger partial charge in [0.05, 0.1) is 11.3 Å². The van der Waals surface area contributed by atoms with Crippen LogP contribution in [0.25, 0.3) is 0 Å². The normalized spacial score (nSPS) is 11.4. The molecule has 3 aromatic rings. The number of aryl methyl sites for hydroxylation is 1. The molecule has 0 spiro atoms. The topological polar surface area (TPSA) is 66.5 Å². The molecule has 0 saturated heterocycles. The van der Waals surface area contributed by atoms with Gasteiger partial charge in [-0.2, -0.15) is 4.31 Å². The summed E-state index contributed by atoms with van der Waals surface area (Å²) in [6, 6.07) is 23.4. The molecule has 29 heavy (non-hydrogen) atoms. The molecule has 0 saturated carbocycles. The fourth-order valence-corrected chi connectivity index (χ4v) is 4.16. The number of benzene rings is 3. The van der Waals surface area contributed by atoms with E-state index in [1.807, 2.05) is 61.5 Å². The molecule has 0 atom stereocenters. The quantitative estimate of drug-likeness (QED) is 0.643. The maximum atomic E-state index is 12.8. The molecular weight excluding hydrogens is 384 g/mol. The number of hydrogen-bond donors (Lipinski definition) is 1. The lowest BCUT2D eigenvalue weighted by Crippen LogP contribution is -2.26. The summed E-state index contributed by atoms with van der Waals surface area (Å²) >= 11 is 0. The van der Waals surface area contributed by atoms with Crippen molar-refractivity contribution in [3.8, 4) is 0 Å². The summed E-state index contributed by atoms with van der Waals surface area (Å²) in [5.41, 5.74) is 3.50. The second-order valence-electron chi connectivity index (χ2n) is 6.92. The van der Waals surface area contributed by atoms with Gasteiger partial charge in [-0.25, -0.2) is 8.42 Å². The number of carbonyl (C=O) groups is 1. The fourth-order valence-electron chi connectivity index (χ4n) is 3.00. The summed E-state index contributed by atoms with van der Waals surface area (Å²) < 4.78 is 26.9. The molecule has 3 rings (SSSR count). The first-order valence-corrected chi connectivity index (χ1v) is 10.7. The number of anilines is 1. The second kappa shape index (κ2) is 9.03. The molecule has 0 radical (unpaired) electrons. The Labute approximate surface area is 172 Å². The largest absolute Gasteiger partial charge is 0.326 e. The van der Waals surface area contributed by atoms with E-state index in [0.717, 1.165) is 16.7 Å². The van der Waals surface area contributed by atoms with Crippen molar-refractivity contribution in [2.45, 2.75) is 24.8 Å². The van der Waals surface area contributed by atoms with Crippen LogP contribution < -0.4 is 5.32 Å². The molecule has 0 heterocycles. The summed E-state index contributed by atoms with van der Waals surface area (Å²) in [6.07, 6.45) is 0.270. The minimum Gasteiger partial charge on any atom is -0.326 e. The molecule has 0 aliphatic heterocycles. The zero-order valence-electron chi connectivity index (χ0n) is 16.5. The van der Waals surface area contributed by atoms with E-state index in [0.29, 0.717) is 5.69 Å². The van der Waals surface area contributed by atoms with E-state index in [4.69, 9.17) is 0 Å². The van der Waals surface area contributed by atoms with Gasteiger partial charge in [0.2, 0.25) is 15.9 Å². The molecule has 0 aliphatic carbocycles. The summed E-state index contributed by atoms with van der Waals surface area (Å²) in [7, 11) is -2.06. The van der Waals surface area contributed by atoms with Gasteiger partial charge in [-0.05, 0) is 47.9 Å². The number of sulfonamides is 1. The molecular formula is C23H24N2O3S. The van der Waals surface area contributed by atoms with Crippen molar-refractivity contribution < 1.29 is 13.2 Å². The minimum absolute atomic E-state index is 0.142. The Morgan fingerprint density at radius 1 is 0.897 bits per heavy atom. The van der Waals surface area contributed by atoms with Gasteiger partial charge in [0.15, 0.2) is 0 Å². The van der Waals surface area contributed by atoms with Gasteiger partial charge >= 0.3 is 0 Å².